The number of thiazole rings is 1. The van der Waals surface area contributed by atoms with Crippen LogP contribution < -0.4 is 5.56 Å². The normalized spacial score (nSPS) is 17.1. The van der Waals surface area contributed by atoms with Gasteiger partial charge in [0.25, 0.3) is 5.56 Å². The fourth-order valence-corrected chi connectivity index (χ4v) is 3.62. The molecule has 5 nitrogen and oxygen atoms in total. The molecule has 2 aromatic heterocycles. The molecule has 0 aliphatic carbocycles. The summed E-state index contributed by atoms with van der Waals surface area (Å²) in [5, 5.41) is 6.57. The lowest BCUT2D eigenvalue weighted by Crippen LogP contribution is -2.36. The molecule has 1 aliphatic heterocycles. The number of rotatable bonds is 4. The second kappa shape index (κ2) is 7.25. The number of hydrogen-bond donors (Lipinski definition) is 0. The van der Waals surface area contributed by atoms with Crippen LogP contribution >= 0.6 is 11.3 Å². The van der Waals surface area contributed by atoms with Gasteiger partial charge in [-0.3, -0.25) is 9.69 Å². The predicted octanol–water partition coefficient (Wildman–Crippen LogP) is 2.94. The average Bonchev–Trinajstić information content (AvgIpc) is 2.95. The molecule has 0 atom stereocenters. The van der Waals surface area contributed by atoms with Gasteiger partial charge in [-0.1, -0.05) is 0 Å². The van der Waals surface area contributed by atoms with Crippen LogP contribution in [0, 0.1) is 12.8 Å². The van der Waals surface area contributed by atoms with E-state index in [1.165, 1.54) is 0 Å². The molecule has 9 heteroatoms. The molecular weight excluding hydrogens is 353 g/mol. The van der Waals surface area contributed by atoms with E-state index in [-0.39, 0.29) is 12.5 Å². The molecule has 0 N–H and O–H groups in total. The second-order valence-electron chi connectivity index (χ2n) is 6.31. The summed E-state index contributed by atoms with van der Waals surface area (Å²) in [5.74, 6) is 0.155. The Morgan fingerprint density at radius 3 is 2.60 bits per heavy atom. The molecule has 3 heterocycles. The summed E-state index contributed by atoms with van der Waals surface area (Å²) in [7, 11) is 0. The first-order chi connectivity index (χ1) is 11.8. The largest absolute Gasteiger partial charge is 0.435 e. The standard InChI is InChI=1S/C16H19F3N4OS/c1-11-20-13(10-25-11)9-22-6-4-12(5-7-22)8-23-15(24)3-2-14(21-23)16(17,18)19/h2-3,10,12H,4-9H2,1H3. The summed E-state index contributed by atoms with van der Waals surface area (Å²) in [6.45, 7) is 4.68. The SMILES string of the molecule is Cc1nc(CN2CCC(Cn3nc(C(F)(F)F)ccc3=O)CC2)cs1. The van der Waals surface area contributed by atoms with Crippen molar-refractivity contribution in [3.63, 3.8) is 0 Å². The summed E-state index contributed by atoms with van der Waals surface area (Å²) in [6.07, 6.45) is -2.88. The monoisotopic (exact) mass is 372 g/mol. The Kier molecular flexibility index (Phi) is 5.24. The van der Waals surface area contributed by atoms with E-state index in [1.807, 2.05) is 12.3 Å². The zero-order chi connectivity index (χ0) is 18.0. The molecule has 0 saturated carbocycles. The van der Waals surface area contributed by atoms with Gasteiger partial charge in [-0.15, -0.1) is 11.3 Å². The highest BCUT2D eigenvalue weighted by Gasteiger charge is 2.33. The number of aromatic nitrogens is 3. The van der Waals surface area contributed by atoms with Gasteiger partial charge < -0.3 is 0 Å². The van der Waals surface area contributed by atoms with E-state index in [4.69, 9.17) is 0 Å². The average molecular weight is 372 g/mol. The molecule has 2 aromatic rings. The lowest BCUT2D eigenvalue weighted by molar-refractivity contribution is -0.142. The Morgan fingerprint density at radius 1 is 1.28 bits per heavy atom. The maximum atomic E-state index is 12.7. The molecule has 0 amide bonds. The Hall–Kier alpha value is -1.74. The van der Waals surface area contributed by atoms with Gasteiger partial charge in [0.2, 0.25) is 0 Å². The summed E-state index contributed by atoms with van der Waals surface area (Å²) in [6, 6.07) is 1.67. The van der Waals surface area contributed by atoms with Crippen molar-refractivity contribution < 1.29 is 13.2 Å². The first kappa shape index (κ1) is 18.1. The first-order valence-corrected chi connectivity index (χ1v) is 8.98. The summed E-state index contributed by atoms with van der Waals surface area (Å²) in [4.78, 5) is 18.5. The van der Waals surface area contributed by atoms with Gasteiger partial charge in [0, 0.05) is 24.5 Å². The van der Waals surface area contributed by atoms with E-state index < -0.39 is 17.4 Å². The van der Waals surface area contributed by atoms with Crippen LogP contribution in [0.25, 0.3) is 0 Å². The van der Waals surface area contributed by atoms with Crippen molar-refractivity contribution in [2.45, 2.75) is 39.0 Å². The fraction of sp³-hybridized carbons (Fsp3) is 0.562. The summed E-state index contributed by atoms with van der Waals surface area (Å²) < 4.78 is 39.2. The minimum atomic E-state index is -4.54. The predicted molar refractivity (Wildman–Crippen MR) is 88.4 cm³/mol. The maximum Gasteiger partial charge on any atom is 0.435 e. The van der Waals surface area contributed by atoms with Gasteiger partial charge in [0.1, 0.15) is 0 Å². The first-order valence-electron chi connectivity index (χ1n) is 8.10. The van der Waals surface area contributed by atoms with Crippen LogP contribution in [0.4, 0.5) is 13.2 Å². The van der Waals surface area contributed by atoms with Crippen LogP contribution in [0.5, 0.6) is 0 Å². The van der Waals surface area contributed by atoms with Crippen LogP contribution in [0.3, 0.4) is 0 Å². The lowest BCUT2D eigenvalue weighted by Gasteiger charge is -2.31. The number of halogens is 3. The maximum absolute atomic E-state index is 12.7. The van der Waals surface area contributed by atoms with Crippen LogP contribution in [-0.2, 0) is 19.3 Å². The van der Waals surface area contributed by atoms with Gasteiger partial charge in [-0.25, -0.2) is 9.67 Å². The highest BCUT2D eigenvalue weighted by Crippen LogP contribution is 2.27. The number of nitrogens with zero attached hydrogens (tertiary/aromatic N) is 4. The number of alkyl halides is 3. The Bertz CT molecular complexity index is 778. The molecule has 1 aliphatic rings. The van der Waals surface area contributed by atoms with Crippen LogP contribution in [-0.4, -0.2) is 32.8 Å². The highest BCUT2D eigenvalue weighted by atomic mass is 32.1. The van der Waals surface area contributed by atoms with E-state index in [0.29, 0.717) is 0 Å². The molecule has 1 saturated heterocycles. The number of aryl methyl sites for hydroxylation is 1. The Morgan fingerprint density at radius 2 is 2.00 bits per heavy atom. The smallest absolute Gasteiger partial charge is 0.297 e. The van der Waals surface area contributed by atoms with Crippen molar-refractivity contribution in [2.24, 2.45) is 5.92 Å². The van der Waals surface area contributed by atoms with Crippen LogP contribution in [0.1, 0.15) is 29.2 Å². The van der Waals surface area contributed by atoms with Gasteiger partial charge in [0.05, 0.1) is 10.7 Å². The van der Waals surface area contributed by atoms with Crippen LogP contribution in [0.15, 0.2) is 22.3 Å². The Balaban J connectivity index is 1.58. The third-order valence-corrected chi connectivity index (χ3v) is 5.17. The molecule has 25 heavy (non-hydrogen) atoms. The molecule has 1 fully saturated rings. The van der Waals surface area contributed by atoms with Crippen molar-refractivity contribution in [3.05, 3.63) is 44.3 Å². The quantitative estimate of drug-likeness (QED) is 0.828. The minimum absolute atomic E-state index is 0.155. The van der Waals surface area contributed by atoms with Crippen LogP contribution in [0.2, 0.25) is 0 Å². The molecule has 0 spiro atoms. The number of hydrogen-bond acceptors (Lipinski definition) is 5. The van der Waals surface area contributed by atoms with Crippen molar-refractivity contribution in [1.29, 1.82) is 0 Å². The molecule has 136 valence electrons. The van der Waals surface area contributed by atoms with Gasteiger partial charge in [-0.05, 0) is 44.8 Å². The molecular formula is C16H19F3N4OS. The van der Waals surface area contributed by atoms with E-state index in [0.717, 1.165) is 60.0 Å². The minimum Gasteiger partial charge on any atom is -0.297 e. The topological polar surface area (TPSA) is 51.0 Å². The van der Waals surface area contributed by atoms with E-state index in [1.54, 1.807) is 11.3 Å². The third kappa shape index (κ3) is 4.66. The van der Waals surface area contributed by atoms with Gasteiger partial charge in [0.15, 0.2) is 5.69 Å². The van der Waals surface area contributed by atoms with Crippen molar-refractivity contribution in [2.75, 3.05) is 13.1 Å². The zero-order valence-electron chi connectivity index (χ0n) is 13.8. The fourth-order valence-electron chi connectivity index (χ4n) is 3.01. The van der Waals surface area contributed by atoms with Crippen molar-refractivity contribution in [3.8, 4) is 0 Å². The van der Waals surface area contributed by atoms with Crippen molar-refractivity contribution >= 4 is 11.3 Å². The van der Waals surface area contributed by atoms with E-state index in [2.05, 4.69) is 15.0 Å². The molecule has 3 rings (SSSR count). The van der Waals surface area contributed by atoms with Gasteiger partial charge in [-0.2, -0.15) is 18.3 Å². The second-order valence-corrected chi connectivity index (χ2v) is 7.38. The third-order valence-electron chi connectivity index (χ3n) is 4.35. The van der Waals surface area contributed by atoms with Crippen molar-refractivity contribution in [1.82, 2.24) is 19.7 Å². The molecule has 0 unspecified atom stereocenters. The molecule has 0 bridgehead atoms. The zero-order valence-corrected chi connectivity index (χ0v) is 14.6. The lowest BCUT2D eigenvalue weighted by atomic mass is 9.97. The molecule has 0 aromatic carbocycles. The summed E-state index contributed by atoms with van der Waals surface area (Å²) >= 11 is 1.62. The summed E-state index contributed by atoms with van der Waals surface area (Å²) in [5.41, 5.74) is -0.464. The number of piperidine rings is 1. The highest BCUT2D eigenvalue weighted by molar-refractivity contribution is 7.09. The number of likely N-dealkylation sites (tertiary alicyclic amines) is 1. The van der Waals surface area contributed by atoms with Gasteiger partial charge >= 0.3 is 6.18 Å². The van der Waals surface area contributed by atoms with E-state index >= 15 is 0 Å². The molecule has 0 radical (unpaired) electrons. The van der Waals surface area contributed by atoms with E-state index in [9.17, 15) is 18.0 Å². The Labute approximate surface area is 147 Å².